The number of nitrogens with zero attached hydrogens (tertiary/aromatic N) is 3. The van der Waals surface area contributed by atoms with Gasteiger partial charge in [-0.05, 0) is 37.1 Å². The Hall–Kier alpha value is -2.78. The van der Waals surface area contributed by atoms with Crippen molar-refractivity contribution in [3.8, 4) is 0 Å². The third-order valence-corrected chi connectivity index (χ3v) is 6.96. The van der Waals surface area contributed by atoms with E-state index in [0.29, 0.717) is 22.6 Å². The standard InChI is InChI=1S/C25H25N3O4S.ClH/c1-17-6-4-9-21-22(17)26-25(33-21)28(11-5-10-27-12-14-31-15-13-27)23(29)19-16-18-7-2-3-8-20(18)32-24(19)30;/h2-4,6-9,16H,5,10-15H2,1H3;1H. The number of hydrogen-bond donors (Lipinski definition) is 0. The average Bonchev–Trinajstić information content (AvgIpc) is 3.27. The minimum absolute atomic E-state index is 0. The van der Waals surface area contributed by atoms with E-state index >= 15 is 0 Å². The zero-order valence-electron chi connectivity index (χ0n) is 18.9. The maximum absolute atomic E-state index is 13.7. The van der Waals surface area contributed by atoms with Gasteiger partial charge in [0.2, 0.25) is 0 Å². The molecule has 0 unspecified atom stereocenters. The molecule has 0 bridgehead atoms. The Balaban J connectivity index is 0.00000274. The third kappa shape index (κ3) is 5.00. The van der Waals surface area contributed by atoms with Gasteiger partial charge in [-0.1, -0.05) is 41.7 Å². The molecule has 0 spiro atoms. The second kappa shape index (κ2) is 10.7. The topological polar surface area (TPSA) is 75.9 Å². The molecule has 178 valence electrons. The van der Waals surface area contributed by atoms with E-state index in [1.54, 1.807) is 23.1 Å². The Morgan fingerprint density at radius 1 is 1.15 bits per heavy atom. The van der Waals surface area contributed by atoms with Crippen LogP contribution in [0.4, 0.5) is 5.13 Å². The number of benzene rings is 2. The summed E-state index contributed by atoms with van der Waals surface area (Å²) in [5.41, 5.74) is 1.80. The lowest BCUT2D eigenvalue weighted by Crippen LogP contribution is -2.40. The fraction of sp³-hybridized carbons (Fsp3) is 0.320. The highest BCUT2D eigenvalue weighted by molar-refractivity contribution is 7.22. The number of hydrogen-bond acceptors (Lipinski definition) is 7. The van der Waals surface area contributed by atoms with Crippen molar-refractivity contribution in [2.75, 3.05) is 44.3 Å². The van der Waals surface area contributed by atoms with Crippen molar-refractivity contribution in [2.24, 2.45) is 0 Å². The fourth-order valence-corrected chi connectivity index (χ4v) is 5.18. The highest BCUT2D eigenvalue weighted by atomic mass is 35.5. The number of ether oxygens (including phenoxy) is 1. The molecule has 9 heteroatoms. The van der Waals surface area contributed by atoms with Crippen LogP contribution < -0.4 is 10.5 Å². The molecule has 34 heavy (non-hydrogen) atoms. The number of morpholine rings is 1. The van der Waals surface area contributed by atoms with Gasteiger partial charge in [-0.3, -0.25) is 14.6 Å². The molecule has 0 radical (unpaired) electrons. The molecule has 1 fully saturated rings. The maximum Gasteiger partial charge on any atom is 0.349 e. The number of amides is 1. The van der Waals surface area contributed by atoms with Gasteiger partial charge in [0.25, 0.3) is 5.91 Å². The number of anilines is 1. The van der Waals surface area contributed by atoms with Crippen LogP contribution in [-0.4, -0.2) is 55.2 Å². The van der Waals surface area contributed by atoms with Crippen molar-refractivity contribution in [1.29, 1.82) is 0 Å². The molecule has 0 aliphatic carbocycles. The van der Waals surface area contributed by atoms with E-state index in [4.69, 9.17) is 14.1 Å². The van der Waals surface area contributed by atoms with Crippen molar-refractivity contribution < 1.29 is 13.9 Å². The van der Waals surface area contributed by atoms with E-state index < -0.39 is 5.63 Å². The first-order valence-electron chi connectivity index (χ1n) is 11.1. The molecule has 1 amide bonds. The Morgan fingerprint density at radius 2 is 1.94 bits per heavy atom. The summed E-state index contributed by atoms with van der Waals surface area (Å²) in [6, 6.07) is 14.8. The minimum atomic E-state index is -0.630. The third-order valence-electron chi connectivity index (χ3n) is 5.92. The van der Waals surface area contributed by atoms with E-state index in [0.717, 1.165) is 55.0 Å². The van der Waals surface area contributed by atoms with Crippen LogP contribution >= 0.6 is 23.7 Å². The molecule has 5 rings (SSSR count). The van der Waals surface area contributed by atoms with E-state index in [1.165, 1.54) is 11.3 Å². The second-order valence-electron chi connectivity index (χ2n) is 8.17. The zero-order valence-corrected chi connectivity index (χ0v) is 20.5. The lowest BCUT2D eigenvalue weighted by Gasteiger charge is -2.27. The van der Waals surface area contributed by atoms with Gasteiger partial charge < -0.3 is 9.15 Å². The first kappa shape index (κ1) is 24.3. The van der Waals surface area contributed by atoms with Crippen molar-refractivity contribution in [3.63, 3.8) is 0 Å². The highest BCUT2D eigenvalue weighted by Crippen LogP contribution is 2.31. The Morgan fingerprint density at radius 3 is 2.74 bits per heavy atom. The van der Waals surface area contributed by atoms with Crippen molar-refractivity contribution in [1.82, 2.24) is 9.88 Å². The van der Waals surface area contributed by atoms with Gasteiger partial charge in [-0.25, -0.2) is 9.78 Å². The molecule has 2 aromatic heterocycles. The van der Waals surface area contributed by atoms with Gasteiger partial charge in [-0.15, -0.1) is 12.4 Å². The molecule has 0 atom stereocenters. The van der Waals surface area contributed by atoms with E-state index in [9.17, 15) is 9.59 Å². The lowest BCUT2D eigenvalue weighted by atomic mass is 10.1. The summed E-state index contributed by atoms with van der Waals surface area (Å²) in [7, 11) is 0. The molecule has 7 nitrogen and oxygen atoms in total. The Kier molecular flexibility index (Phi) is 7.63. The van der Waals surface area contributed by atoms with E-state index in [2.05, 4.69) is 4.90 Å². The maximum atomic E-state index is 13.7. The summed E-state index contributed by atoms with van der Waals surface area (Å²) in [5, 5.41) is 1.31. The number of carbonyl (C=O) groups is 1. The van der Waals surface area contributed by atoms with Crippen LogP contribution in [0.1, 0.15) is 22.3 Å². The second-order valence-corrected chi connectivity index (χ2v) is 9.18. The first-order valence-corrected chi connectivity index (χ1v) is 11.9. The average molecular weight is 500 g/mol. The van der Waals surface area contributed by atoms with Crippen LogP contribution in [0.2, 0.25) is 0 Å². The number of rotatable bonds is 6. The molecule has 0 saturated carbocycles. The summed E-state index contributed by atoms with van der Waals surface area (Å²) in [4.78, 5) is 35.1. The lowest BCUT2D eigenvalue weighted by molar-refractivity contribution is 0.0376. The van der Waals surface area contributed by atoms with Gasteiger partial charge in [0.15, 0.2) is 5.13 Å². The van der Waals surface area contributed by atoms with Gasteiger partial charge in [0.05, 0.1) is 23.4 Å². The zero-order chi connectivity index (χ0) is 22.8. The van der Waals surface area contributed by atoms with Gasteiger partial charge in [-0.2, -0.15) is 0 Å². The summed E-state index contributed by atoms with van der Waals surface area (Å²) < 4.78 is 11.9. The molecule has 4 aromatic rings. The van der Waals surface area contributed by atoms with Crippen molar-refractivity contribution in [3.05, 3.63) is 70.1 Å². The summed E-state index contributed by atoms with van der Waals surface area (Å²) in [5.74, 6) is -0.381. The van der Waals surface area contributed by atoms with E-state index in [-0.39, 0.29) is 23.9 Å². The Bertz CT molecular complexity index is 1360. The number of carbonyl (C=O) groups excluding carboxylic acids is 1. The Labute approximate surface area is 207 Å². The van der Waals surface area contributed by atoms with Crippen LogP contribution in [-0.2, 0) is 4.74 Å². The first-order chi connectivity index (χ1) is 16.1. The fourth-order valence-electron chi connectivity index (χ4n) is 4.11. The number of halogens is 1. The van der Waals surface area contributed by atoms with Gasteiger partial charge in [0.1, 0.15) is 11.1 Å². The normalized spacial score (nSPS) is 14.3. The number of aromatic nitrogens is 1. The monoisotopic (exact) mass is 499 g/mol. The number of thiazole rings is 1. The molecule has 3 heterocycles. The molecule has 1 saturated heterocycles. The predicted octanol–water partition coefficient (Wildman–Crippen LogP) is 4.50. The molecule has 2 aromatic carbocycles. The number of aryl methyl sites for hydroxylation is 1. The van der Waals surface area contributed by atoms with Crippen LogP contribution in [0.25, 0.3) is 21.2 Å². The summed E-state index contributed by atoms with van der Waals surface area (Å²) in [6.07, 6.45) is 0.763. The predicted molar refractivity (Wildman–Crippen MR) is 138 cm³/mol. The van der Waals surface area contributed by atoms with Crippen molar-refractivity contribution in [2.45, 2.75) is 13.3 Å². The number of fused-ring (bicyclic) bond motifs is 2. The van der Waals surface area contributed by atoms with Crippen LogP contribution in [0.3, 0.4) is 0 Å². The van der Waals surface area contributed by atoms with Crippen LogP contribution in [0, 0.1) is 6.92 Å². The molecular formula is C25H26ClN3O4S. The van der Waals surface area contributed by atoms with Gasteiger partial charge in [0, 0.05) is 31.6 Å². The molecular weight excluding hydrogens is 474 g/mol. The van der Waals surface area contributed by atoms with Crippen molar-refractivity contribution >= 4 is 56.0 Å². The van der Waals surface area contributed by atoms with Crippen LogP contribution in [0.15, 0.2) is 57.7 Å². The molecule has 0 N–H and O–H groups in total. The summed E-state index contributed by atoms with van der Waals surface area (Å²) >= 11 is 1.47. The highest BCUT2D eigenvalue weighted by Gasteiger charge is 2.25. The SMILES string of the molecule is Cc1cccc2sc(N(CCCN3CCOCC3)C(=O)c3cc4ccccc4oc3=O)nc12.Cl. The van der Waals surface area contributed by atoms with E-state index in [1.807, 2.05) is 37.3 Å². The molecule has 1 aliphatic heterocycles. The number of para-hydroxylation sites is 2. The van der Waals surface area contributed by atoms with Crippen LogP contribution in [0.5, 0.6) is 0 Å². The van der Waals surface area contributed by atoms with Gasteiger partial charge >= 0.3 is 5.63 Å². The molecule has 1 aliphatic rings. The largest absolute Gasteiger partial charge is 0.422 e. The smallest absolute Gasteiger partial charge is 0.349 e. The summed E-state index contributed by atoms with van der Waals surface area (Å²) in [6.45, 7) is 6.57. The quantitative estimate of drug-likeness (QED) is 0.363. The minimum Gasteiger partial charge on any atom is -0.422 e.